The molecule has 156 valence electrons. The summed E-state index contributed by atoms with van der Waals surface area (Å²) in [5, 5.41) is 5.07. The molecule has 33 heavy (non-hydrogen) atoms. The van der Waals surface area contributed by atoms with Crippen LogP contribution in [0.5, 0.6) is 0 Å². The van der Waals surface area contributed by atoms with E-state index in [9.17, 15) is 0 Å². The number of aromatic nitrogens is 2. The standard InChI is InChI=1S/C30H19BrN2/c31-20-14-16-22(17-15-20)33-28-13-7-5-11-24(28)26-19-18-25-23-10-4-6-12-27(23)32(29(25)30(26)33)21-8-2-1-3-9-21/h1-19H. The number of benzene rings is 5. The number of para-hydroxylation sites is 3. The summed E-state index contributed by atoms with van der Waals surface area (Å²) in [4.78, 5) is 0. The Hall–Kier alpha value is -3.82. The lowest BCUT2D eigenvalue weighted by molar-refractivity contribution is 1.15. The Morgan fingerprint density at radius 1 is 0.394 bits per heavy atom. The van der Waals surface area contributed by atoms with E-state index in [2.05, 4.69) is 140 Å². The van der Waals surface area contributed by atoms with Crippen molar-refractivity contribution in [1.82, 2.24) is 9.13 Å². The summed E-state index contributed by atoms with van der Waals surface area (Å²) in [6.07, 6.45) is 0. The molecule has 0 fully saturated rings. The Balaban J connectivity index is 1.78. The van der Waals surface area contributed by atoms with Gasteiger partial charge in [0.05, 0.1) is 22.1 Å². The first-order chi connectivity index (χ1) is 16.3. The Morgan fingerprint density at radius 3 is 1.39 bits per heavy atom. The van der Waals surface area contributed by atoms with Crippen molar-refractivity contribution in [2.45, 2.75) is 0 Å². The fraction of sp³-hybridized carbons (Fsp3) is 0. The van der Waals surface area contributed by atoms with Crippen LogP contribution in [0.3, 0.4) is 0 Å². The molecule has 0 aliphatic carbocycles. The largest absolute Gasteiger partial charge is 0.307 e. The zero-order valence-corrected chi connectivity index (χ0v) is 19.3. The van der Waals surface area contributed by atoms with Gasteiger partial charge in [0.1, 0.15) is 0 Å². The topological polar surface area (TPSA) is 9.86 Å². The zero-order chi connectivity index (χ0) is 21.9. The highest BCUT2D eigenvalue weighted by Gasteiger charge is 2.20. The van der Waals surface area contributed by atoms with Crippen LogP contribution in [0.2, 0.25) is 0 Å². The Kier molecular flexibility index (Phi) is 4.02. The second-order valence-corrected chi connectivity index (χ2v) is 9.29. The molecule has 0 aliphatic heterocycles. The van der Waals surface area contributed by atoms with Crippen molar-refractivity contribution in [3.63, 3.8) is 0 Å². The molecular weight excluding hydrogens is 468 g/mol. The third-order valence-corrected chi connectivity index (χ3v) is 7.10. The predicted octanol–water partition coefficient (Wildman–Crippen LogP) is 8.64. The molecule has 0 unspecified atom stereocenters. The van der Waals surface area contributed by atoms with Gasteiger partial charge in [-0.15, -0.1) is 0 Å². The molecule has 2 nitrogen and oxygen atoms in total. The lowest BCUT2D eigenvalue weighted by Crippen LogP contribution is -1.98. The van der Waals surface area contributed by atoms with Gasteiger partial charge in [-0.1, -0.05) is 82.7 Å². The van der Waals surface area contributed by atoms with Gasteiger partial charge in [0.15, 0.2) is 0 Å². The smallest absolute Gasteiger partial charge is 0.0788 e. The number of hydrogen-bond donors (Lipinski definition) is 0. The van der Waals surface area contributed by atoms with Crippen LogP contribution in [0.15, 0.2) is 120 Å². The van der Waals surface area contributed by atoms with Crippen molar-refractivity contribution in [2.75, 3.05) is 0 Å². The maximum Gasteiger partial charge on any atom is 0.0788 e. The normalized spacial score (nSPS) is 11.8. The van der Waals surface area contributed by atoms with Gasteiger partial charge in [-0.25, -0.2) is 0 Å². The first kappa shape index (κ1) is 18.7. The Labute approximate surface area is 199 Å². The molecule has 0 aliphatic rings. The monoisotopic (exact) mass is 486 g/mol. The first-order valence-electron chi connectivity index (χ1n) is 11.1. The van der Waals surface area contributed by atoms with Crippen LogP contribution in [-0.4, -0.2) is 9.13 Å². The summed E-state index contributed by atoms with van der Waals surface area (Å²) in [6.45, 7) is 0. The van der Waals surface area contributed by atoms with E-state index in [4.69, 9.17) is 0 Å². The van der Waals surface area contributed by atoms with E-state index in [1.807, 2.05) is 0 Å². The summed E-state index contributed by atoms with van der Waals surface area (Å²) in [7, 11) is 0. The van der Waals surface area contributed by atoms with Crippen LogP contribution >= 0.6 is 15.9 Å². The molecule has 0 N–H and O–H groups in total. The maximum atomic E-state index is 3.60. The summed E-state index contributed by atoms with van der Waals surface area (Å²) >= 11 is 3.60. The van der Waals surface area contributed by atoms with Crippen molar-refractivity contribution in [3.05, 3.63) is 120 Å². The fourth-order valence-electron chi connectivity index (χ4n) is 5.20. The van der Waals surface area contributed by atoms with Gasteiger partial charge in [-0.3, -0.25) is 0 Å². The van der Waals surface area contributed by atoms with Gasteiger partial charge in [0.25, 0.3) is 0 Å². The molecule has 0 amide bonds. The number of fused-ring (bicyclic) bond motifs is 7. The highest BCUT2D eigenvalue weighted by Crippen LogP contribution is 2.41. The summed E-state index contributed by atoms with van der Waals surface area (Å²) in [5.41, 5.74) is 7.23. The summed E-state index contributed by atoms with van der Waals surface area (Å²) in [6, 6.07) is 41.3. The molecule has 0 spiro atoms. The molecule has 7 rings (SSSR count). The van der Waals surface area contributed by atoms with Gasteiger partial charge in [0.2, 0.25) is 0 Å². The van der Waals surface area contributed by atoms with Crippen molar-refractivity contribution in [3.8, 4) is 11.4 Å². The third-order valence-electron chi connectivity index (χ3n) is 6.57. The lowest BCUT2D eigenvalue weighted by atomic mass is 10.1. The van der Waals surface area contributed by atoms with Crippen LogP contribution in [0, 0.1) is 0 Å². The van der Waals surface area contributed by atoms with Gasteiger partial charge in [-0.2, -0.15) is 0 Å². The second kappa shape index (κ2) is 7.09. The lowest BCUT2D eigenvalue weighted by Gasteiger charge is -2.12. The fourth-order valence-corrected chi connectivity index (χ4v) is 5.47. The van der Waals surface area contributed by atoms with E-state index in [0.29, 0.717) is 0 Å². The molecule has 0 radical (unpaired) electrons. The number of halogens is 1. The third kappa shape index (κ3) is 2.66. The molecule has 2 heterocycles. The molecule has 0 atom stereocenters. The van der Waals surface area contributed by atoms with Gasteiger partial charge >= 0.3 is 0 Å². The van der Waals surface area contributed by atoms with E-state index in [1.54, 1.807) is 0 Å². The average molecular weight is 487 g/mol. The average Bonchev–Trinajstić information content (AvgIpc) is 3.38. The van der Waals surface area contributed by atoms with Crippen molar-refractivity contribution >= 4 is 59.5 Å². The minimum absolute atomic E-state index is 1.08. The van der Waals surface area contributed by atoms with Crippen LogP contribution < -0.4 is 0 Å². The Bertz CT molecular complexity index is 1810. The van der Waals surface area contributed by atoms with E-state index < -0.39 is 0 Å². The SMILES string of the molecule is Brc1ccc(-n2c3ccccc3c3ccc4c5ccccc5n(-c5ccccc5)c4c32)cc1. The number of nitrogens with zero attached hydrogens (tertiary/aromatic N) is 2. The van der Waals surface area contributed by atoms with E-state index in [-0.39, 0.29) is 0 Å². The van der Waals surface area contributed by atoms with E-state index in [1.165, 1.54) is 49.3 Å². The first-order valence-corrected chi connectivity index (χ1v) is 11.9. The van der Waals surface area contributed by atoms with Crippen molar-refractivity contribution < 1.29 is 0 Å². The van der Waals surface area contributed by atoms with E-state index in [0.717, 1.165) is 10.2 Å². The highest BCUT2D eigenvalue weighted by atomic mass is 79.9. The minimum Gasteiger partial charge on any atom is -0.307 e. The molecule has 2 aromatic heterocycles. The van der Waals surface area contributed by atoms with Crippen molar-refractivity contribution in [1.29, 1.82) is 0 Å². The molecule has 0 saturated carbocycles. The number of rotatable bonds is 2. The molecule has 0 bridgehead atoms. The minimum atomic E-state index is 1.08. The van der Waals surface area contributed by atoms with Gasteiger partial charge in [0, 0.05) is 37.4 Å². The van der Waals surface area contributed by atoms with E-state index >= 15 is 0 Å². The highest BCUT2D eigenvalue weighted by molar-refractivity contribution is 9.10. The molecular formula is C30H19BrN2. The van der Waals surface area contributed by atoms with Gasteiger partial charge in [-0.05, 0) is 48.5 Å². The predicted molar refractivity (Wildman–Crippen MR) is 143 cm³/mol. The van der Waals surface area contributed by atoms with Crippen molar-refractivity contribution in [2.24, 2.45) is 0 Å². The molecule has 7 aromatic rings. The summed E-state index contributed by atoms with van der Waals surface area (Å²) in [5.74, 6) is 0. The number of hydrogen-bond acceptors (Lipinski definition) is 0. The van der Waals surface area contributed by atoms with Crippen LogP contribution in [-0.2, 0) is 0 Å². The maximum absolute atomic E-state index is 3.60. The summed E-state index contributed by atoms with van der Waals surface area (Å²) < 4.78 is 5.91. The van der Waals surface area contributed by atoms with Gasteiger partial charge < -0.3 is 9.13 Å². The molecule has 3 heteroatoms. The second-order valence-electron chi connectivity index (χ2n) is 8.37. The molecule has 0 saturated heterocycles. The van der Waals surface area contributed by atoms with Crippen LogP contribution in [0.4, 0.5) is 0 Å². The zero-order valence-electron chi connectivity index (χ0n) is 17.7. The van der Waals surface area contributed by atoms with Crippen LogP contribution in [0.1, 0.15) is 0 Å². The quantitative estimate of drug-likeness (QED) is 0.231. The Morgan fingerprint density at radius 2 is 0.848 bits per heavy atom. The molecule has 5 aromatic carbocycles. The van der Waals surface area contributed by atoms with Crippen LogP contribution in [0.25, 0.3) is 55.0 Å².